The Kier molecular flexibility index (Phi) is 2.70. The number of H-pyrrole nitrogens is 1. The monoisotopic (exact) mass is 328 g/mol. The zero-order valence-corrected chi connectivity index (χ0v) is 10.9. The predicted octanol–water partition coefficient (Wildman–Crippen LogP) is 2.91. The molecular formula is C7H3BrCl2N2O2S. The van der Waals surface area contributed by atoms with Crippen LogP contribution >= 0.6 is 38.2 Å². The standard InChI is InChI=1S/C7H3BrCl2N2O2S/c8-7-11-4-1-3(9)6(15(10,13)14)2-5(4)12-7/h1-2H,(H,11,12). The lowest BCUT2D eigenvalue weighted by Gasteiger charge is -1.98. The molecule has 0 aliphatic carbocycles. The molecule has 2 aromatic rings. The van der Waals surface area contributed by atoms with E-state index >= 15 is 0 Å². The molecule has 0 unspecified atom stereocenters. The fourth-order valence-corrected chi connectivity index (χ4v) is 3.09. The minimum atomic E-state index is -3.84. The van der Waals surface area contributed by atoms with Crippen LogP contribution in [0.3, 0.4) is 0 Å². The lowest BCUT2D eigenvalue weighted by molar-refractivity contribution is 0.610. The van der Waals surface area contributed by atoms with Gasteiger partial charge in [0.1, 0.15) is 4.90 Å². The Morgan fingerprint density at radius 2 is 2.07 bits per heavy atom. The summed E-state index contributed by atoms with van der Waals surface area (Å²) in [6, 6.07) is 2.78. The molecule has 0 aliphatic rings. The van der Waals surface area contributed by atoms with Crippen LogP contribution in [0.25, 0.3) is 11.0 Å². The maximum atomic E-state index is 11.1. The molecule has 0 spiro atoms. The zero-order valence-electron chi connectivity index (χ0n) is 6.96. The van der Waals surface area contributed by atoms with Crippen LogP contribution < -0.4 is 0 Å². The Balaban J connectivity index is 2.83. The fraction of sp³-hybridized carbons (Fsp3) is 0. The van der Waals surface area contributed by atoms with E-state index in [0.29, 0.717) is 15.8 Å². The number of rotatable bonds is 1. The van der Waals surface area contributed by atoms with Gasteiger partial charge in [0.25, 0.3) is 9.05 Å². The summed E-state index contributed by atoms with van der Waals surface area (Å²) in [4.78, 5) is 6.73. The first kappa shape index (κ1) is 11.2. The molecule has 15 heavy (non-hydrogen) atoms. The average molecular weight is 330 g/mol. The fourth-order valence-electron chi connectivity index (χ4n) is 1.17. The highest BCUT2D eigenvalue weighted by Gasteiger charge is 2.16. The summed E-state index contributed by atoms with van der Waals surface area (Å²) < 4.78 is 22.8. The molecule has 1 N–H and O–H groups in total. The largest absolute Gasteiger partial charge is 0.332 e. The molecule has 4 nitrogen and oxygen atoms in total. The van der Waals surface area contributed by atoms with E-state index in [4.69, 9.17) is 22.3 Å². The highest BCUT2D eigenvalue weighted by molar-refractivity contribution is 9.10. The molecule has 0 fully saturated rings. The van der Waals surface area contributed by atoms with Crippen molar-refractivity contribution < 1.29 is 8.42 Å². The lowest BCUT2D eigenvalue weighted by Crippen LogP contribution is -1.91. The summed E-state index contributed by atoms with van der Waals surface area (Å²) in [5, 5.41) is 0.0523. The Hall–Kier alpha value is -0.300. The molecular weight excluding hydrogens is 327 g/mol. The third kappa shape index (κ3) is 2.13. The molecule has 1 aromatic carbocycles. The maximum Gasteiger partial charge on any atom is 0.262 e. The molecule has 8 heteroatoms. The van der Waals surface area contributed by atoms with Crippen LogP contribution in [0, 0.1) is 0 Å². The van der Waals surface area contributed by atoms with Crippen molar-refractivity contribution >= 4 is 58.3 Å². The Morgan fingerprint density at radius 1 is 1.40 bits per heavy atom. The highest BCUT2D eigenvalue weighted by Crippen LogP contribution is 2.29. The number of nitrogens with one attached hydrogen (secondary N) is 1. The molecule has 80 valence electrons. The number of aromatic nitrogens is 2. The van der Waals surface area contributed by atoms with Gasteiger partial charge >= 0.3 is 0 Å². The summed E-state index contributed by atoms with van der Waals surface area (Å²) in [6.45, 7) is 0. The van der Waals surface area contributed by atoms with Crippen LogP contribution in [-0.4, -0.2) is 18.4 Å². The molecule has 0 saturated carbocycles. The number of nitrogens with zero attached hydrogens (tertiary/aromatic N) is 1. The van der Waals surface area contributed by atoms with Crippen molar-refractivity contribution in [2.45, 2.75) is 4.90 Å². The van der Waals surface area contributed by atoms with Crippen molar-refractivity contribution in [1.29, 1.82) is 0 Å². The third-order valence-corrected chi connectivity index (χ3v) is 3.93. The van der Waals surface area contributed by atoms with E-state index in [-0.39, 0.29) is 9.92 Å². The second-order valence-corrected chi connectivity index (χ2v) is 6.46. The SMILES string of the molecule is O=S(=O)(Cl)c1cc2[nH]c(Br)nc2cc1Cl. The van der Waals surface area contributed by atoms with E-state index < -0.39 is 9.05 Å². The van der Waals surface area contributed by atoms with E-state index in [2.05, 4.69) is 25.9 Å². The highest BCUT2D eigenvalue weighted by atomic mass is 79.9. The van der Waals surface area contributed by atoms with Gasteiger partial charge < -0.3 is 4.98 Å². The molecule has 2 rings (SSSR count). The summed E-state index contributed by atoms with van der Waals surface area (Å²) in [6.07, 6.45) is 0. The second kappa shape index (κ2) is 3.62. The number of hydrogen-bond acceptors (Lipinski definition) is 3. The molecule has 0 amide bonds. The number of fused-ring (bicyclic) bond motifs is 1. The van der Waals surface area contributed by atoms with Gasteiger partial charge in [-0.2, -0.15) is 0 Å². The van der Waals surface area contributed by atoms with Crippen LogP contribution in [0.15, 0.2) is 21.8 Å². The molecule has 0 aliphatic heterocycles. The van der Waals surface area contributed by atoms with E-state index in [0.717, 1.165) is 0 Å². The number of imidazole rings is 1. The minimum Gasteiger partial charge on any atom is -0.332 e. The lowest BCUT2D eigenvalue weighted by atomic mass is 10.3. The predicted molar refractivity (Wildman–Crippen MR) is 61.8 cm³/mol. The number of halogens is 3. The van der Waals surface area contributed by atoms with Crippen LogP contribution in [0.2, 0.25) is 5.02 Å². The maximum absolute atomic E-state index is 11.1. The Labute approximate surface area is 103 Å². The van der Waals surface area contributed by atoms with Gasteiger partial charge in [-0.3, -0.25) is 0 Å². The molecule has 0 radical (unpaired) electrons. The molecule has 0 bridgehead atoms. The summed E-state index contributed by atoms with van der Waals surface area (Å²) in [5.41, 5.74) is 1.11. The average Bonchev–Trinajstić information content (AvgIpc) is 2.40. The molecule has 0 atom stereocenters. The van der Waals surface area contributed by atoms with Crippen molar-refractivity contribution in [3.05, 3.63) is 21.9 Å². The van der Waals surface area contributed by atoms with Gasteiger partial charge in [0.15, 0.2) is 4.73 Å². The van der Waals surface area contributed by atoms with Gasteiger partial charge in [-0.15, -0.1) is 0 Å². The van der Waals surface area contributed by atoms with Crippen LogP contribution in [0.1, 0.15) is 0 Å². The number of hydrogen-bond donors (Lipinski definition) is 1. The molecule has 1 heterocycles. The van der Waals surface area contributed by atoms with Crippen molar-refractivity contribution in [2.24, 2.45) is 0 Å². The zero-order chi connectivity index (χ0) is 11.2. The van der Waals surface area contributed by atoms with Crippen molar-refractivity contribution in [3.8, 4) is 0 Å². The smallest absolute Gasteiger partial charge is 0.262 e. The van der Waals surface area contributed by atoms with Crippen LogP contribution in [0.5, 0.6) is 0 Å². The third-order valence-electron chi connectivity index (χ3n) is 1.77. The molecule has 1 aromatic heterocycles. The Morgan fingerprint density at radius 3 is 2.67 bits per heavy atom. The quantitative estimate of drug-likeness (QED) is 0.818. The van der Waals surface area contributed by atoms with E-state index in [1.54, 1.807) is 0 Å². The van der Waals surface area contributed by atoms with Crippen LogP contribution in [-0.2, 0) is 9.05 Å². The Bertz CT molecular complexity index is 638. The van der Waals surface area contributed by atoms with Crippen molar-refractivity contribution in [2.75, 3.05) is 0 Å². The topological polar surface area (TPSA) is 62.8 Å². The van der Waals surface area contributed by atoms with E-state index in [1.165, 1.54) is 12.1 Å². The van der Waals surface area contributed by atoms with Crippen molar-refractivity contribution in [3.63, 3.8) is 0 Å². The number of benzene rings is 1. The van der Waals surface area contributed by atoms with Gasteiger partial charge in [-0.05, 0) is 28.1 Å². The van der Waals surface area contributed by atoms with E-state index in [1.807, 2.05) is 0 Å². The molecule has 0 saturated heterocycles. The summed E-state index contributed by atoms with van der Waals surface area (Å²) in [5.74, 6) is 0. The van der Waals surface area contributed by atoms with Gasteiger partial charge in [0.05, 0.1) is 16.1 Å². The number of aromatic amines is 1. The van der Waals surface area contributed by atoms with Gasteiger partial charge in [0, 0.05) is 10.7 Å². The first-order chi connectivity index (χ1) is 6.88. The first-order valence-electron chi connectivity index (χ1n) is 3.67. The van der Waals surface area contributed by atoms with E-state index in [9.17, 15) is 8.42 Å². The summed E-state index contributed by atoms with van der Waals surface area (Å²) in [7, 11) is 1.37. The minimum absolute atomic E-state index is 0.0523. The van der Waals surface area contributed by atoms with Gasteiger partial charge in [-0.1, -0.05) is 11.6 Å². The summed E-state index contributed by atoms with van der Waals surface area (Å²) >= 11 is 8.90. The van der Waals surface area contributed by atoms with Crippen LogP contribution in [0.4, 0.5) is 0 Å². The second-order valence-electron chi connectivity index (χ2n) is 2.77. The van der Waals surface area contributed by atoms with Gasteiger partial charge in [-0.25, -0.2) is 13.4 Å². The normalized spacial score (nSPS) is 12.2. The first-order valence-corrected chi connectivity index (χ1v) is 7.15. The van der Waals surface area contributed by atoms with Gasteiger partial charge in [0.2, 0.25) is 0 Å². The van der Waals surface area contributed by atoms with Crippen molar-refractivity contribution in [1.82, 2.24) is 9.97 Å².